The molecule has 0 rings (SSSR count). The van der Waals surface area contributed by atoms with Crippen molar-refractivity contribution >= 4 is 23.8 Å². The second-order valence-electron chi connectivity index (χ2n) is 4.93. The number of hydrogen-bond donors (Lipinski definition) is 3. The average molecular weight is 262 g/mol. The van der Waals surface area contributed by atoms with E-state index < -0.39 is 16.9 Å². The van der Waals surface area contributed by atoms with Gasteiger partial charge < -0.3 is 15.7 Å². The summed E-state index contributed by atoms with van der Waals surface area (Å²) in [7, 11) is 0. The highest BCUT2D eigenvalue weighted by molar-refractivity contribution is 7.98. The first-order chi connectivity index (χ1) is 7.65. The lowest BCUT2D eigenvalue weighted by Crippen LogP contribution is -2.59. The van der Waals surface area contributed by atoms with E-state index in [1.807, 2.05) is 6.26 Å². The van der Waals surface area contributed by atoms with Crippen molar-refractivity contribution in [2.75, 3.05) is 18.6 Å². The van der Waals surface area contributed by atoms with E-state index in [0.717, 1.165) is 5.75 Å². The summed E-state index contributed by atoms with van der Waals surface area (Å²) in [6.07, 6.45) is 1.96. The number of carboxylic acids is 1. The minimum Gasteiger partial charge on any atom is -0.481 e. The SMILES string of the molecule is CSCCNC(=O)NC(C)(C)C(C)(C)C(=O)O. The van der Waals surface area contributed by atoms with Gasteiger partial charge in [-0.2, -0.15) is 11.8 Å². The van der Waals surface area contributed by atoms with E-state index in [-0.39, 0.29) is 6.03 Å². The van der Waals surface area contributed by atoms with Gasteiger partial charge in [-0.15, -0.1) is 0 Å². The van der Waals surface area contributed by atoms with Crippen LogP contribution < -0.4 is 10.6 Å². The summed E-state index contributed by atoms with van der Waals surface area (Å²) in [6.45, 7) is 7.16. The van der Waals surface area contributed by atoms with Gasteiger partial charge in [-0.1, -0.05) is 0 Å². The van der Waals surface area contributed by atoms with E-state index in [2.05, 4.69) is 10.6 Å². The molecule has 0 aromatic carbocycles. The molecule has 0 unspecified atom stereocenters. The van der Waals surface area contributed by atoms with Crippen molar-refractivity contribution < 1.29 is 14.7 Å². The van der Waals surface area contributed by atoms with Crippen LogP contribution in [0.15, 0.2) is 0 Å². The number of carbonyl (C=O) groups is 2. The fourth-order valence-electron chi connectivity index (χ4n) is 1.02. The van der Waals surface area contributed by atoms with Gasteiger partial charge >= 0.3 is 12.0 Å². The molecule has 5 nitrogen and oxygen atoms in total. The molecule has 0 saturated carbocycles. The molecule has 0 aromatic heterocycles. The van der Waals surface area contributed by atoms with E-state index in [1.54, 1.807) is 39.5 Å². The van der Waals surface area contributed by atoms with Gasteiger partial charge in [0.2, 0.25) is 0 Å². The summed E-state index contributed by atoms with van der Waals surface area (Å²) in [5.41, 5.74) is -1.87. The number of urea groups is 1. The molecule has 17 heavy (non-hydrogen) atoms. The average Bonchev–Trinajstić information content (AvgIpc) is 2.16. The first-order valence-corrected chi connectivity index (χ1v) is 6.83. The molecule has 0 aliphatic heterocycles. The van der Waals surface area contributed by atoms with Gasteiger partial charge in [0.25, 0.3) is 0 Å². The summed E-state index contributed by atoms with van der Waals surface area (Å²) >= 11 is 1.64. The number of thioether (sulfide) groups is 1. The maximum Gasteiger partial charge on any atom is 0.315 e. The fourth-order valence-corrected chi connectivity index (χ4v) is 1.32. The third-order valence-corrected chi connectivity index (χ3v) is 3.73. The van der Waals surface area contributed by atoms with Crippen LogP contribution in [-0.4, -0.2) is 41.2 Å². The second kappa shape index (κ2) is 6.14. The summed E-state index contributed by atoms with van der Waals surface area (Å²) in [5, 5.41) is 14.5. The largest absolute Gasteiger partial charge is 0.481 e. The van der Waals surface area contributed by atoms with Crippen molar-refractivity contribution in [2.24, 2.45) is 5.41 Å². The Morgan fingerprint density at radius 1 is 1.24 bits per heavy atom. The topological polar surface area (TPSA) is 78.4 Å². The van der Waals surface area contributed by atoms with Crippen molar-refractivity contribution in [3.05, 3.63) is 0 Å². The van der Waals surface area contributed by atoms with E-state index >= 15 is 0 Å². The summed E-state index contributed by atoms with van der Waals surface area (Å²) < 4.78 is 0. The molecule has 0 spiro atoms. The predicted octanol–water partition coefficient (Wildman–Crippen LogP) is 1.54. The third kappa shape index (κ3) is 4.46. The van der Waals surface area contributed by atoms with Crippen LogP contribution in [0.25, 0.3) is 0 Å². The molecule has 6 heteroatoms. The number of carbonyl (C=O) groups excluding carboxylic acids is 1. The second-order valence-corrected chi connectivity index (χ2v) is 5.91. The van der Waals surface area contributed by atoms with Crippen LogP contribution in [0.4, 0.5) is 4.79 Å². The zero-order valence-electron chi connectivity index (χ0n) is 11.1. The Bertz CT molecular complexity index is 290. The Morgan fingerprint density at radius 3 is 2.18 bits per heavy atom. The molecule has 0 aliphatic rings. The van der Waals surface area contributed by atoms with Crippen molar-refractivity contribution in [1.29, 1.82) is 0 Å². The lowest BCUT2D eigenvalue weighted by Gasteiger charge is -2.38. The molecule has 0 heterocycles. The van der Waals surface area contributed by atoms with Gasteiger partial charge in [0.1, 0.15) is 0 Å². The Labute approximate surface area is 107 Å². The zero-order valence-corrected chi connectivity index (χ0v) is 11.9. The smallest absolute Gasteiger partial charge is 0.315 e. The quantitative estimate of drug-likeness (QED) is 0.634. The fraction of sp³-hybridized carbons (Fsp3) is 0.818. The van der Waals surface area contributed by atoms with Crippen LogP contribution in [-0.2, 0) is 4.79 Å². The Hall–Kier alpha value is -0.910. The molecule has 3 N–H and O–H groups in total. The number of rotatable bonds is 6. The molecule has 0 radical (unpaired) electrons. The monoisotopic (exact) mass is 262 g/mol. The molecule has 0 fully saturated rings. The summed E-state index contributed by atoms with van der Waals surface area (Å²) in [5.74, 6) is -0.109. The molecule has 0 aliphatic carbocycles. The molecule has 0 atom stereocenters. The van der Waals surface area contributed by atoms with Gasteiger partial charge in [0.05, 0.1) is 11.0 Å². The Balaban J connectivity index is 4.44. The summed E-state index contributed by atoms with van der Waals surface area (Å²) in [6, 6.07) is -0.335. The minimum atomic E-state index is -1.04. The van der Waals surface area contributed by atoms with Crippen LogP contribution >= 0.6 is 11.8 Å². The molecule has 0 bridgehead atoms. The zero-order chi connectivity index (χ0) is 13.7. The standard InChI is InChI=1S/C11H22N2O3S/c1-10(2,8(14)15)11(3,4)13-9(16)12-6-7-17-5/h6-7H2,1-5H3,(H,14,15)(H2,12,13,16). The number of hydrogen-bond acceptors (Lipinski definition) is 3. The van der Waals surface area contributed by atoms with E-state index in [0.29, 0.717) is 6.54 Å². The highest BCUT2D eigenvalue weighted by atomic mass is 32.2. The van der Waals surface area contributed by atoms with E-state index in [9.17, 15) is 9.59 Å². The Morgan fingerprint density at radius 2 is 1.76 bits per heavy atom. The van der Waals surface area contributed by atoms with Gasteiger partial charge in [-0.3, -0.25) is 4.79 Å². The molecule has 0 saturated heterocycles. The third-order valence-electron chi connectivity index (χ3n) is 3.11. The Kier molecular flexibility index (Phi) is 5.81. The minimum absolute atomic E-state index is 0.335. The lowest BCUT2D eigenvalue weighted by atomic mass is 9.74. The number of nitrogens with one attached hydrogen (secondary N) is 2. The molecular weight excluding hydrogens is 240 g/mol. The normalized spacial score (nSPS) is 12.1. The lowest BCUT2D eigenvalue weighted by molar-refractivity contribution is -0.150. The van der Waals surface area contributed by atoms with Gasteiger partial charge in [-0.05, 0) is 34.0 Å². The maximum atomic E-state index is 11.6. The predicted molar refractivity (Wildman–Crippen MR) is 70.4 cm³/mol. The van der Waals surface area contributed by atoms with Crippen LogP contribution in [0.5, 0.6) is 0 Å². The highest BCUT2D eigenvalue weighted by Gasteiger charge is 2.44. The van der Waals surface area contributed by atoms with Gasteiger partial charge in [0.15, 0.2) is 0 Å². The van der Waals surface area contributed by atoms with Crippen molar-refractivity contribution in [2.45, 2.75) is 33.2 Å². The van der Waals surface area contributed by atoms with Crippen LogP contribution in [0.3, 0.4) is 0 Å². The number of amides is 2. The molecular formula is C11H22N2O3S. The molecule has 2 amide bonds. The van der Waals surface area contributed by atoms with Crippen LogP contribution in [0.2, 0.25) is 0 Å². The van der Waals surface area contributed by atoms with Crippen molar-refractivity contribution in [3.8, 4) is 0 Å². The number of aliphatic carboxylic acids is 1. The molecule has 100 valence electrons. The van der Waals surface area contributed by atoms with Gasteiger partial charge in [0, 0.05) is 12.3 Å². The van der Waals surface area contributed by atoms with Crippen molar-refractivity contribution in [1.82, 2.24) is 10.6 Å². The van der Waals surface area contributed by atoms with Gasteiger partial charge in [-0.25, -0.2) is 4.79 Å². The number of carboxylic acid groups (broad SMARTS) is 1. The first-order valence-electron chi connectivity index (χ1n) is 5.43. The van der Waals surface area contributed by atoms with Crippen LogP contribution in [0, 0.1) is 5.41 Å². The van der Waals surface area contributed by atoms with E-state index in [1.165, 1.54) is 0 Å². The highest BCUT2D eigenvalue weighted by Crippen LogP contribution is 2.30. The van der Waals surface area contributed by atoms with Crippen LogP contribution in [0.1, 0.15) is 27.7 Å². The first kappa shape index (κ1) is 16.1. The molecule has 0 aromatic rings. The van der Waals surface area contributed by atoms with Crippen molar-refractivity contribution in [3.63, 3.8) is 0 Å². The van der Waals surface area contributed by atoms with E-state index in [4.69, 9.17) is 5.11 Å². The maximum absolute atomic E-state index is 11.6. The summed E-state index contributed by atoms with van der Waals surface area (Å²) in [4.78, 5) is 22.7.